The Morgan fingerprint density at radius 1 is 0.971 bits per heavy atom. The van der Waals surface area contributed by atoms with Gasteiger partial charge in [0, 0.05) is 30.1 Å². The van der Waals surface area contributed by atoms with E-state index in [0.29, 0.717) is 30.6 Å². The first-order valence-electron chi connectivity index (χ1n) is 11.8. The number of hydrogen-bond acceptors (Lipinski definition) is 8. The van der Waals surface area contributed by atoms with E-state index >= 15 is 0 Å². The Balaban J connectivity index is 1.31. The quantitative estimate of drug-likeness (QED) is 0.413. The lowest BCUT2D eigenvalue weighted by Gasteiger charge is -2.19. The van der Waals surface area contributed by atoms with Gasteiger partial charge in [-0.3, -0.25) is 9.67 Å². The summed E-state index contributed by atoms with van der Waals surface area (Å²) in [7, 11) is 0. The van der Waals surface area contributed by atoms with E-state index in [1.165, 1.54) is 12.8 Å². The van der Waals surface area contributed by atoms with Crippen molar-refractivity contribution in [1.82, 2.24) is 34.8 Å². The van der Waals surface area contributed by atoms with Crippen LogP contribution >= 0.6 is 0 Å². The molecule has 4 aromatic heterocycles. The third-order valence-electron chi connectivity index (χ3n) is 6.17. The van der Waals surface area contributed by atoms with Gasteiger partial charge in [-0.25, -0.2) is 4.98 Å². The number of β-amino-alcohol motifs (C(OH)–C–C–N with tert-alkyl or cyclic N) is 1. The highest BCUT2D eigenvalue weighted by Gasteiger charge is 2.16. The van der Waals surface area contributed by atoms with Crippen molar-refractivity contribution < 1.29 is 5.11 Å². The lowest BCUT2D eigenvalue weighted by molar-refractivity contribution is 0.106. The molecule has 4 aromatic rings. The molecule has 0 aromatic carbocycles. The van der Waals surface area contributed by atoms with Crippen molar-refractivity contribution >= 4 is 22.7 Å². The standard InChI is InChI=1S/C25H30N8O/c1-17(2)18-10-25(31-27-12-18)30-24-6-5-22-23(29-24)9-19(11-26-22)20-13-28-33(14-20)16-21(34)15-32-7-3-4-8-32/h5-6,9-14,17,21,34H,3-4,7-8,15-16H2,1-2H3,(H,29,30,31). The Kier molecular flexibility index (Phi) is 6.46. The largest absolute Gasteiger partial charge is 0.390 e. The lowest BCUT2D eigenvalue weighted by atomic mass is 10.1. The molecule has 0 spiro atoms. The molecule has 0 amide bonds. The predicted molar refractivity (Wildman–Crippen MR) is 132 cm³/mol. The van der Waals surface area contributed by atoms with E-state index in [0.717, 1.165) is 40.8 Å². The smallest absolute Gasteiger partial charge is 0.154 e. The van der Waals surface area contributed by atoms with Crippen LogP contribution in [0.25, 0.3) is 22.2 Å². The van der Waals surface area contributed by atoms with Crippen LogP contribution in [-0.2, 0) is 6.54 Å². The van der Waals surface area contributed by atoms with Gasteiger partial charge in [0.25, 0.3) is 0 Å². The summed E-state index contributed by atoms with van der Waals surface area (Å²) >= 11 is 0. The number of rotatable bonds is 8. The number of fused-ring (bicyclic) bond motifs is 1. The van der Waals surface area contributed by atoms with E-state index in [4.69, 9.17) is 4.98 Å². The van der Waals surface area contributed by atoms with Crippen LogP contribution in [-0.4, -0.2) is 65.7 Å². The van der Waals surface area contributed by atoms with E-state index in [2.05, 4.69) is 44.3 Å². The Morgan fingerprint density at radius 2 is 1.82 bits per heavy atom. The molecule has 5 rings (SSSR count). The number of anilines is 2. The minimum absolute atomic E-state index is 0.370. The molecule has 0 aliphatic carbocycles. The summed E-state index contributed by atoms with van der Waals surface area (Å²) < 4.78 is 1.80. The third-order valence-corrected chi connectivity index (χ3v) is 6.17. The van der Waals surface area contributed by atoms with Gasteiger partial charge < -0.3 is 15.3 Å². The zero-order chi connectivity index (χ0) is 23.5. The zero-order valence-corrected chi connectivity index (χ0v) is 19.6. The van der Waals surface area contributed by atoms with Crippen molar-refractivity contribution in [3.8, 4) is 11.1 Å². The van der Waals surface area contributed by atoms with Crippen LogP contribution in [0.15, 0.2) is 49.1 Å². The van der Waals surface area contributed by atoms with Crippen molar-refractivity contribution in [2.45, 2.75) is 45.3 Å². The lowest BCUT2D eigenvalue weighted by Crippen LogP contribution is -2.32. The van der Waals surface area contributed by atoms with Crippen molar-refractivity contribution in [3.05, 3.63) is 54.6 Å². The molecular weight excluding hydrogens is 428 g/mol. The summed E-state index contributed by atoms with van der Waals surface area (Å²) in [4.78, 5) is 11.6. The minimum atomic E-state index is -0.437. The van der Waals surface area contributed by atoms with E-state index in [9.17, 15) is 5.11 Å². The van der Waals surface area contributed by atoms with E-state index in [-0.39, 0.29) is 0 Å². The molecule has 34 heavy (non-hydrogen) atoms. The summed E-state index contributed by atoms with van der Waals surface area (Å²) in [5, 5.41) is 26.4. The van der Waals surface area contributed by atoms with Crippen LogP contribution in [0.4, 0.5) is 11.6 Å². The Morgan fingerprint density at radius 3 is 2.65 bits per heavy atom. The fourth-order valence-electron chi connectivity index (χ4n) is 4.27. The topological polar surface area (TPSA) is 105 Å². The molecule has 5 heterocycles. The first-order valence-corrected chi connectivity index (χ1v) is 11.8. The van der Waals surface area contributed by atoms with Gasteiger partial charge in [-0.2, -0.15) is 10.2 Å². The highest BCUT2D eigenvalue weighted by Crippen LogP contribution is 2.24. The van der Waals surface area contributed by atoms with Crippen LogP contribution in [0.5, 0.6) is 0 Å². The zero-order valence-electron chi connectivity index (χ0n) is 19.6. The van der Waals surface area contributed by atoms with Gasteiger partial charge in [0.2, 0.25) is 0 Å². The number of aliphatic hydroxyl groups excluding tert-OH is 1. The average Bonchev–Trinajstić information content (AvgIpc) is 3.51. The molecular formula is C25H30N8O. The molecule has 9 nitrogen and oxygen atoms in total. The summed E-state index contributed by atoms with van der Waals surface area (Å²) in [6, 6.07) is 7.82. The SMILES string of the molecule is CC(C)c1cnnc(Nc2ccc3ncc(-c4cnn(CC(O)CN5CCCC5)c4)cc3n2)c1. The van der Waals surface area contributed by atoms with Gasteiger partial charge in [0.1, 0.15) is 5.82 Å². The van der Waals surface area contributed by atoms with Crippen LogP contribution < -0.4 is 5.32 Å². The second kappa shape index (κ2) is 9.82. The van der Waals surface area contributed by atoms with Crippen molar-refractivity contribution in [3.63, 3.8) is 0 Å². The first-order chi connectivity index (χ1) is 16.5. The number of hydrogen-bond donors (Lipinski definition) is 2. The van der Waals surface area contributed by atoms with Gasteiger partial charge >= 0.3 is 0 Å². The molecule has 1 saturated heterocycles. The highest BCUT2D eigenvalue weighted by molar-refractivity contribution is 5.81. The number of likely N-dealkylation sites (tertiary alicyclic amines) is 1. The molecule has 1 unspecified atom stereocenters. The summed E-state index contributed by atoms with van der Waals surface area (Å²) in [6.07, 6.45) is 9.37. The monoisotopic (exact) mass is 458 g/mol. The molecule has 0 radical (unpaired) electrons. The Bertz CT molecular complexity index is 1260. The van der Waals surface area contributed by atoms with Crippen LogP contribution in [0, 0.1) is 0 Å². The Labute approximate surface area is 198 Å². The second-order valence-corrected chi connectivity index (χ2v) is 9.23. The molecule has 1 aliphatic heterocycles. The fraction of sp³-hybridized carbons (Fsp3) is 0.400. The molecule has 1 fully saturated rings. The number of pyridine rings is 2. The predicted octanol–water partition coefficient (Wildman–Crippen LogP) is 3.61. The fourth-order valence-corrected chi connectivity index (χ4v) is 4.27. The maximum absolute atomic E-state index is 10.4. The maximum Gasteiger partial charge on any atom is 0.154 e. The molecule has 1 atom stereocenters. The van der Waals surface area contributed by atoms with Gasteiger partial charge in [0.05, 0.1) is 36.1 Å². The van der Waals surface area contributed by atoms with Crippen LogP contribution in [0.2, 0.25) is 0 Å². The number of aliphatic hydroxyl groups is 1. The number of nitrogens with zero attached hydrogens (tertiary/aromatic N) is 7. The van der Waals surface area contributed by atoms with E-state index < -0.39 is 6.10 Å². The average molecular weight is 459 g/mol. The second-order valence-electron chi connectivity index (χ2n) is 9.23. The van der Waals surface area contributed by atoms with Gasteiger partial charge in [-0.05, 0) is 61.7 Å². The van der Waals surface area contributed by atoms with Crippen molar-refractivity contribution in [1.29, 1.82) is 0 Å². The van der Waals surface area contributed by atoms with Gasteiger partial charge in [0.15, 0.2) is 5.82 Å². The van der Waals surface area contributed by atoms with Crippen LogP contribution in [0.3, 0.4) is 0 Å². The van der Waals surface area contributed by atoms with E-state index in [1.807, 2.05) is 36.7 Å². The molecule has 176 valence electrons. The Hall–Kier alpha value is -3.43. The first kappa shape index (κ1) is 22.4. The highest BCUT2D eigenvalue weighted by atomic mass is 16.3. The third kappa shape index (κ3) is 5.21. The van der Waals surface area contributed by atoms with Crippen molar-refractivity contribution in [2.75, 3.05) is 25.0 Å². The normalized spacial score (nSPS) is 15.3. The maximum atomic E-state index is 10.4. The van der Waals surface area contributed by atoms with Crippen LogP contribution in [0.1, 0.15) is 38.2 Å². The summed E-state index contributed by atoms with van der Waals surface area (Å²) in [6.45, 7) is 7.56. The molecule has 1 aliphatic rings. The van der Waals surface area contributed by atoms with Gasteiger partial charge in [-0.15, -0.1) is 5.10 Å². The molecule has 9 heteroatoms. The minimum Gasteiger partial charge on any atom is -0.390 e. The summed E-state index contributed by atoms with van der Waals surface area (Å²) in [5.74, 6) is 1.72. The number of nitrogens with one attached hydrogen (secondary N) is 1. The molecule has 0 saturated carbocycles. The molecule has 2 N–H and O–H groups in total. The number of aromatic nitrogens is 6. The summed E-state index contributed by atoms with van der Waals surface area (Å²) in [5.41, 5.74) is 4.57. The molecule has 0 bridgehead atoms. The van der Waals surface area contributed by atoms with E-state index in [1.54, 1.807) is 17.1 Å². The van der Waals surface area contributed by atoms with Gasteiger partial charge in [-0.1, -0.05) is 13.8 Å². The van der Waals surface area contributed by atoms with Crippen molar-refractivity contribution in [2.24, 2.45) is 0 Å².